The Balaban J connectivity index is 1.79. The zero-order valence-electron chi connectivity index (χ0n) is 13.9. The number of fused-ring (bicyclic) bond motifs is 1. The number of nitrogens with one attached hydrogen (secondary N) is 1. The maximum atomic E-state index is 13.4. The fraction of sp³-hybridized carbons (Fsp3) is 0.944. The van der Waals surface area contributed by atoms with Gasteiger partial charge in [-0.2, -0.15) is 0 Å². The third-order valence-electron chi connectivity index (χ3n) is 6.60. The molecule has 2 heterocycles. The van der Waals surface area contributed by atoms with Crippen LogP contribution in [0.4, 0.5) is 0 Å². The zero-order valence-corrected chi connectivity index (χ0v) is 13.9. The fourth-order valence-corrected chi connectivity index (χ4v) is 5.07. The number of carbonyl (C=O) groups is 1. The Morgan fingerprint density at radius 2 is 2.05 bits per heavy atom. The van der Waals surface area contributed by atoms with Crippen LogP contribution in [0.3, 0.4) is 0 Å². The highest BCUT2D eigenvalue weighted by atomic mass is 16.2. The molecule has 0 spiro atoms. The van der Waals surface area contributed by atoms with E-state index in [4.69, 9.17) is 0 Å². The van der Waals surface area contributed by atoms with Crippen LogP contribution in [0.5, 0.6) is 0 Å². The summed E-state index contributed by atoms with van der Waals surface area (Å²) in [6, 6.07) is 0.542. The van der Waals surface area contributed by atoms with Crippen LogP contribution in [0, 0.1) is 17.3 Å². The molecule has 1 amide bonds. The van der Waals surface area contributed by atoms with Gasteiger partial charge < -0.3 is 10.2 Å². The molecule has 1 N–H and O–H groups in total. The van der Waals surface area contributed by atoms with Crippen LogP contribution in [0.25, 0.3) is 0 Å². The van der Waals surface area contributed by atoms with Gasteiger partial charge in [-0.3, -0.25) is 4.79 Å². The molecule has 3 fully saturated rings. The minimum atomic E-state index is -0.110. The van der Waals surface area contributed by atoms with Crippen molar-refractivity contribution >= 4 is 5.91 Å². The van der Waals surface area contributed by atoms with E-state index in [9.17, 15) is 4.79 Å². The summed E-state index contributed by atoms with van der Waals surface area (Å²) in [5.74, 6) is 2.05. The third-order valence-corrected chi connectivity index (χ3v) is 6.60. The van der Waals surface area contributed by atoms with Gasteiger partial charge in [-0.1, -0.05) is 26.7 Å². The lowest BCUT2D eigenvalue weighted by molar-refractivity contribution is -0.151. The number of piperidine rings is 2. The lowest BCUT2D eigenvalue weighted by Crippen LogP contribution is -2.59. The van der Waals surface area contributed by atoms with E-state index in [0.717, 1.165) is 50.7 Å². The van der Waals surface area contributed by atoms with Crippen molar-refractivity contribution in [2.24, 2.45) is 17.3 Å². The van der Waals surface area contributed by atoms with Crippen molar-refractivity contribution in [2.75, 3.05) is 19.6 Å². The summed E-state index contributed by atoms with van der Waals surface area (Å²) in [7, 11) is 0. The quantitative estimate of drug-likeness (QED) is 0.847. The van der Waals surface area contributed by atoms with E-state index in [2.05, 4.69) is 24.1 Å². The van der Waals surface area contributed by atoms with E-state index in [1.807, 2.05) is 0 Å². The van der Waals surface area contributed by atoms with E-state index in [1.54, 1.807) is 0 Å². The third kappa shape index (κ3) is 2.74. The highest BCUT2D eigenvalue weighted by molar-refractivity contribution is 5.83. The first-order chi connectivity index (χ1) is 10.2. The van der Waals surface area contributed by atoms with Crippen LogP contribution < -0.4 is 5.32 Å². The number of carbonyl (C=O) groups excluding carboxylic acids is 1. The van der Waals surface area contributed by atoms with E-state index < -0.39 is 0 Å². The van der Waals surface area contributed by atoms with Crippen molar-refractivity contribution in [3.05, 3.63) is 0 Å². The normalized spacial score (nSPS) is 40.7. The summed E-state index contributed by atoms with van der Waals surface area (Å²) in [5.41, 5.74) is -0.110. The summed E-state index contributed by atoms with van der Waals surface area (Å²) in [4.78, 5) is 15.7. The molecule has 3 nitrogen and oxygen atoms in total. The van der Waals surface area contributed by atoms with Crippen LogP contribution in [0.2, 0.25) is 0 Å². The molecule has 2 aliphatic heterocycles. The lowest BCUT2D eigenvalue weighted by atomic mass is 9.70. The Kier molecular flexibility index (Phi) is 4.58. The Hall–Kier alpha value is -0.570. The SMILES string of the molecule is CCC1(C(=O)N2CCC(C)C3CCCCC32)CCCNC1. The van der Waals surface area contributed by atoms with Crippen molar-refractivity contribution in [3.8, 4) is 0 Å². The first-order valence-corrected chi connectivity index (χ1v) is 9.20. The van der Waals surface area contributed by atoms with Crippen LogP contribution >= 0.6 is 0 Å². The molecule has 120 valence electrons. The topological polar surface area (TPSA) is 32.3 Å². The average molecular weight is 292 g/mol. The first kappa shape index (κ1) is 15.3. The standard InChI is InChI=1S/C18H32N2O/c1-3-18(10-6-11-19-13-18)17(21)20-12-9-14(2)15-7-4-5-8-16(15)20/h14-16,19H,3-13H2,1-2H3. The Labute approximate surface area is 129 Å². The minimum absolute atomic E-state index is 0.110. The van der Waals surface area contributed by atoms with Gasteiger partial charge in [0.05, 0.1) is 5.41 Å². The van der Waals surface area contributed by atoms with Crippen molar-refractivity contribution in [2.45, 2.75) is 71.3 Å². The van der Waals surface area contributed by atoms with Crippen LogP contribution in [-0.4, -0.2) is 36.5 Å². The van der Waals surface area contributed by atoms with Gasteiger partial charge in [0.15, 0.2) is 0 Å². The van der Waals surface area contributed by atoms with Gasteiger partial charge in [-0.25, -0.2) is 0 Å². The summed E-state index contributed by atoms with van der Waals surface area (Å²) in [6.45, 7) is 7.59. The highest BCUT2D eigenvalue weighted by Crippen LogP contribution is 2.42. The number of hydrogen-bond donors (Lipinski definition) is 1. The van der Waals surface area contributed by atoms with Crippen molar-refractivity contribution in [1.29, 1.82) is 0 Å². The molecular formula is C18H32N2O. The number of rotatable bonds is 2. The summed E-state index contributed by atoms with van der Waals surface area (Å²) >= 11 is 0. The molecule has 0 aromatic rings. The van der Waals surface area contributed by atoms with Gasteiger partial charge in [0, 0.05) is 19.1 Å². The van der Waals surface area contributed by atoms with Gasteiger partial charge >= 0.3 is 0 Å². The largest absolute Gasteiger partial charge is 0.339 e. The van der Waals surface area contributed by atoms with Gasteiger partial charge in [-0.15, -0.1) is 0 Å². The molecule has 0 bridgehead atoms. The summed E-state index contributed by atoms with van der Waals surface area (Å²) in [6.07, 6.45) is 9.70. The predicted octanol–water partition coefficient (Wildman–Crippen LogP) is 3.19. The molecule has 4 unspecified atom stereocenters. The maximum Gasteiger partial charge on any atom is 0.230 e. The van der Waals surface area contributed by atoms with E-state index >= 15 is 0 Å². The zero-order chi connectivity index (χ0) is 14.9. The Morgan fingerprint density at radius 3 is 2.76 bits per heavy atom. The lowest BCUT2D eigenvalue weighted by Gasteiger charge is -2.50. The second-order valence-electron chi connectivity index (χ2n) is 7.69. The van der Waals surface area contributed by atoms with Gasteiger partial charge in [0.1, 0.15) is 0 Å². The minimum Gasteiger partial charge on any atom is -0.339 e. The van der Waals surface area contributed by atoms with Crippen molar-refractivity contribution in [1.82, 2.24) is 10.2 Å². The summed E-state index contributed by atoms with van der Waals surface area (Å²) in [5, 5.41) is 3.48. The number of hydrogen-bond acceptors (Lipinski definition) is 2. The molecule has 3 heteroatoms. The van der Waals surface area contributed by atoms with E-state index in [-0.39, 0.29) is 5.41 Å². The van der Waals surface area contributed by atoms with Crippen LogP contribution in [-0.2, 0) is 4.79 Å². The second-order valence-corrected chi connectivity index (χ2v) is 7.69. The first-order valence-electron chi connectivity index (χ1n) is 9.20. The monoisotopic (exact) mass is 292 g/mol. The number of amides is 1. The Morgan fingerprint density at radius 1 is 1.24 bits per heavy atom. The van der Waals surface area contributed by atoms with Gasteiger partial charge in [0.2, 0.25) is 5.91 Å². The molecule has 0 radical (unpaired) electrons. The number of nitrogens with zero attached hydrogens (tertiary/aromatic N) is 1. The predicted molar refractivity (Wildman–Crippen MR) is 86.1 cm³/mol. The molecule has 2 saturated heterocycles. The van der Waals surface area contributed by atoms with E-state index in [1.165, 1.54) is 32.1 Å². The van der Waals surface area contributed by atoms with Crippen LogP contribution in [0.15, 0.2) is 0 Å². The van der Waals surface area contributed by atoms with Crippen molar-refractivity contribution < 1.29 is 4.79 Å². The second kappa shape index (κ2) is 6.28. The van der Waals surface area contributed by atoms with Crippen molar-refractivity contribution in [3.63, 3.8) is 0 Å². The fourth-order valence-electron chi connectivity index (χ4n) is 5.07. The van der Waals surface area contributed by atoms with Crippen LogP contribution in [0.1, 0.15) is 65.2 Å². The molecule has 0 aromatic heterocycles. The molecule has 0 aromatic carbocycles. The highest BCUT2D eigenvalue weighted by Gasteiger charge is 2.46. The smallest absolute Gasteiger partial charge is 0.230 e. The number of likely N-dealkylation sites (tertiary alicyclic amines) is 1. The van der Waals surface area contributed by atoms with Gasteiger partial charge in [-0.05, 0) is 56.9 Å². The molecule has 21 heavy (non-hydrogen) atoms. The molecule has 4 atom stereocenters. The van der Waals surface area contributed by atoms with Gasteiger partial charge in [0.25, 0.3) is 0 Å². The van der Waals surface area contributed by atoms with E-state index in [0.29, 0.717) is 11.9 Å². The maximum absolute atomic E-state index is 13.4. The Bertz CT molecular complexity index is 375. The molecular weight excluding hydrogens is 260 g/mol. The molecule has 3 rings (SSSR count). The molecule has 3 aliphatic rings. The average Bonchev–Trinajstić information content (AvgIpc) is 2.55. The molecule has 1 saturated carbocycles. The summed E-state index contributed by atoms with van der Waals surface area (Å²) < 4.78 is 0. The molecule has 1 aliphatic carbocycles.